The Hall–Kier alpha value is -1.55. The molecule has 4 nitrogen and oxygen atoms in total. The van der Waals surface area contributed by atoms with E-state index in [1.807, 2.05) is 18.2 Å². The van der Waals surface area contributed by atoms with Gasteiger partial charge in [0.25, 0.3) is 0 Å². The first-order valence-electron chi connectivity index (χ1n) is 9.98. The molecule has 2 unspecified atom stereocenters. The third-order valence-electron chi connectivity index (χ3n) is 5.68. The molecular formula is C21H33N3O. The van der Waals surface area contributed by atoms with Gasteiger partial charge in [-0.2, -0.15) is 0 Å². The van der Waals surface area contributed by atoms with Crippen molar-refractivity contribution in [1.29, 1.82) is 0 Å². The minimum absolute atomic E-state index is 0.0544. The highest BCUT2D eigenvalue weighted by atomic mass is 16.2. The largest absolute Gasteiger partial charge is 0.335 e. The van der Waals surface area contributed by atoms with Crippen molar-refractivity contribution < 1.29 is 4.79 Å². The topological polar surface area (TPSA) is 44.4 Å². The molecular weight excluding hydrogens is 310 g/mol. The fourth-order valence-electron chi connectivity index (χ4n) is 4.61. The summed E-state index contributed by atoms with van der Waals surface area (Å²) >= 11 is 0. The van der Waals surface area contributed by atoms with Crippen LogP contribution in [0.1, 0.15) is 58.4 Å². The number of aryl methyl sites for hydroxylation is 1. The van der Waals surface area contributed by atoms with Gasteiger partial charge in [0.05, 0.1) is 0 Å². The lowest BCUT2D eigenvalue weighted by Crippen LogP contribution is -2.58. The highest BCUT2D eigenvalue weighted by Crippen LogP contribution is 2.34. The maximum atomic E-state index is 12.5. The zero-order valence-electron chi connectivity index (χ0n) is 15.9. The number of carbonyl (C=O) groups is 1. The smallest absolute Gasteiger partial charge is 0.319 e. The number of urea groups is 1. The van der Waals surface area contributed by atoms with Gasteiger partial charge < -0.3 is 10.6 Å². The third kappa shape index (κ3) is 4.55. The number of para-hydroxylation sites is 1. The summed E-state index contributed by atoms with van der Waals surface area (Å²) in [5.74, 6) is 0.710. The first kappa shape index (κ1) is 18.2. The highest BCUT2D eigenvalue weighted by Gasteiger charge is 2.38. The van der Waals surface area contributed by atoms with E-state index in [9.17, 15) is 4.79 Å². The van der Waals surface area contributed by atoms with Crippen LogP contribution in [-0.4, -0.2) is 35.6 Å². The van der Waals surface area contributed by atoms with Gasteiger partial charge in [-0.1, -0.05) is 45.4 Å². The molecule has 2 aliphatic heterocycles. The average molecular weight is 344 g/mol. The van der Waals surface area contributed by atoms with Crippen molar-refractivity contribution >= 4 is 11.7 Å². The summed E-state index contributed by atoms with van der Waals surface area (Å²) in [4.78, 5) is 15.2. The molecule has 2 N–H and O–H groups in total. The maximum Gasteiger partial charge on any atom is 0.319 e. The van der Waals surface area contributed by atoms with E-state index >= 15 is 0 Å². The van der Waals surface area contributed by atoms with Gasteiger partial charge in [-0.05, 0) is 49.7 Å². The van der Waals surface area contributed by atoms with Gasteiger partial charge in [0.1, 0.15) is 0 Å². The highest BCUT2D eigenvalue weighted by molar-refractivity contribution is 5.90. The Bertz CT molecular complexity index is 572. The van der Waals surface area contributed by atoms with Crippen LogP contribution in [0.15, 0.2) is 24.3 Å². The first-order valence-corrected chi connectivity index (χ1v) is 9.98. The number of amides is 2. The number of hydrogen-bond donors (Lipinski definition) is 2. The summed E-state index contributed by atoms with van der Waals surface area (Å²) in [6.45, 7) is 7.92. The zero-order chi connectivity index (χ0) is 17.8. The van der Waals surface area contributed by atoms with Crippen LogP contribution in [0.25, 0.3) is 0 Å². The van der Waals surface area contributed by atoms with Crippen LogP contribution in [0.4, 0.5) is 10.5 Å². The number of fused-ring (bicyclic) bond motifs is 2. The van der Waals surface area contributed by atoms with Crippen LogP contribution in [0.2, 0.25) is 0 Å². The van der Waals surface area contributed by atoms with Crippen molar-refractivity contribution in [2.24, 2.45) is 5.92 Å². The lowest BCUT2D eigenvalue weighted by molar-refractivity contribution is 0.0180. The second kappa shape index (κ2) is 8.22. The van der Waals surface area contributed by atoms with Crippen molar-refractivity contribution in [3.05, 3.63) is 29.8 Å². The normalized spacial score (nSPS) is 26.5. The standard InChI is InChI=1S/C21H33N3O/c1-4-16-8-5-6-11-20(16)23-21(25)22-17-12-18-9-7-10-19(13-17)24(18)14-15(2)3/h5-6,8,11,15,17-19H,4,7,9-10,12-14H2,1-3H3,(H2,22,23,25). The van der Waals surface area contributed by atoms with Gasteiger partial charge in [-0.25, -0.2) is 4.79 Å². The quantitative estimate of drug-likeness (QED) is 0.831. The Balaban J connectivity index is 1.58. The summed E-state index contributed by atoms with van der Waals surface area (Å²) in [7, 11) is 0. The lowest BCUT2D eigenvalue weighted by atomic mass is 9.81. The molecule has 0 radical (unpaired) electrons. The van der Waals surface area contributed by atoms with Crippen molar-refractivity contribution in [2.45, 2.75) is 77.4 Å². The molecule has 2 bridgehead atoms. The Kier molecular flexibility index (Phi) is 6.00. The van der Waals surface area contributed by atoms with E-state index in [2.05, 4.69) is 42.4 Å². The molecule has 2 heterocycles. The summed E-state index contributed by atoms with van der Waals surface area (Å²) in [6, 6.07) is 9.58. The number of carbonyl (C=O) groups excluding carboxylic acids is 1. The zero-order valence-corrected chi connectivity index (χ0v) is 15.9. The molecule has 0 aromatic heterocycles. The summed E-state index contributed by atoms with van der Waals surface area (Å²) in [5, 5.41) is 6.30. The predicted octanol–water partition coefficient (Wildman–Crippen LogP) is 4.41. The number of nitrogens with one attached hydrogen (secondary N) is 2. The molecule has 0 aliphatic carbocycles. The van der Waals surface area contributed by atoms with Gasteiger partial charge in [0, 0.05) is 30.4 Å². The molecule has 4 heteroatoms. The Morgan fingerprint density at radius 2 is 1.88 bits per heavy atom. The number of nitrogens with zero attached hydrogens (tertiary/aromatic N) is 1. The molecule has 2 aliphatic rings. The summed E-state index contributed by atoms with van der Waals surface area (Å²) in [6.07, 6.45) is 7.00. The minimum atomic E-state index is -0.0544. The van der Waals surface area contributed by atoms with Gasteiger partial charge in [-0.15, -0.1) is 0 Å². The van der Waals surface area contributed by atoms with E-state index in [-0.39, 0.29) is 6.03 Å². The molecule has 138 valence electrons. The second-order valence-electron chi connectivity index (χ2n) is 8.11. The first-order chi connectivity index (χ1) is 12.1. The van der Waals surface area contributed by atoms with Crippen LogP contribution in [0.3, 0.4) is 0 Å². The Morgan fingerprint density at radius 1 is 1.20 bits per heavy atom. The fourth-order valence-corrected chi connectivity index (χ4v) is 4.61. The third-order valence-corrected chi connectivity index (χ3v) is 5.68. The average Bonchev–Trinajstić information content (AvgIpc) is 2.55. The van der Waals surface area contributed by atoms with Crippen molar-refractivity contribution in [1.82, 2.24) is 10.2 Å². The van der Waals surface area contributed by atoms with Gasteiger partial charge in [0.2, 0.25) is 0 Å². The maximum absolute atomic E-state index is 12.5. The number of benzene rings is 1. The molecule has 0 spiro atoms. The van der Waals surface area contributed by atoms with Crippen molar-refractivity contribution in [3.63, 3.8) is 0 Å². The van der Waals surface area contributed by atoms with E-state index in [1.54, 1.807) is 0 Å². The van der Waals surface area contributed by atoms with Gasteiger partial charge >= 0.3 is 6.03 Å². The minimum Gasteiger partial charge on any atom is -0.335 e. The van der Waals surface area contributed by atoms with E-state index in [0.29, 0.717) is 24.0 Å². The molecule has 2 saturated heterocycles. The van der Waals surface area contributed by atoms with Gasteiger partial charge in [-0.3, -0.25) is 4.90 Å². The van der Waals surface area contributed by atoms with Crippen LogP contribution < -0.4 is 10.6 Å². The number of rotatable bonds is 5. The molecule has 2 amide bonds. The van der Waals surface area contributed by atoms with Crippen LogP contribution in [-0.2, 0) is 6.42 Å². The van der Waals surface area contributed by atoms with Gasteiger partial charge in [0.15, 0.2) is 0 Å². The summed E-state index contributed by atoms with van der Waals surface area (Å²) < 4.78 is 0. The molecule has 1 aromatic carbocycles. The molecule has 1 aromatic rings. The molecule has 0 saturated carbocycles. The van der Waals surface area contributed by atoms with E-state index in [4.69, 9.17) is 0 Å². The second-order valence-corrected chi connectivity index (χ2v) is 8.11. The fraction of sp³-hybridized carbons (Fsp3) is 0.667. The number of anilines is 1. The van der Waals surface area contributed by atoms with E-state index < -0.39 is 0 Å². The number of hydrogen-bond acceptors (Lipinski definition) is 2. The monoisotopic (exact) mass is 343 g/mol. The predicted molar refractivity (Wildman–Crippen MR) is 104 cm³/mol. The van der Waals surface area contributed by atoms with Crippen molar-refractivity contribution in [2.75, 3.05) is 11.9 Å². The van der Waals surface area contributed by atoms with Crippen molar-refractivity contribution in [3.8, 4) is 0 Å². The molecule has 2 atom stereocenters. The van der Waals surface area contributed by atoms with E-state index in [1.165, 1.54) is 31.4 Å². The molecule has 3 rings (SSSR count). The molecule has 2 fully saturated rings. The van der Waals surface area contributed by atoms with Crippen LogP contribution >= 0.6 is 0 Å². The summed E-state index contributed by atoms with van der Waals surface area (Å²) in [5.41, 5.74) is 2.11. The van der Waals surface area contributed by atoms with Crippen LogP contribution in [0, 0.1) is 5.92 Å². The number of piperidine rings is 2. The van der Waals surface area contributed by atoms with Crippen LogP contribution in [0.5, 0.6) is 0 Å². The van der Waals surface area contributed by atoms with E-state index in [0.717, 1.165) is 24.9 Å². The molecule has 25 heavy (non-hydrogen) atoms. The lowest BCUT2D eigenvalue weighted by Gasteiger charge is -2.49. The Morgan fingerprint density at radius 3 is 2.52 bits per heavy atom. The SMILES string of the molecule is CCc1ccccc1NC(=O)NC1CC2CCCC(C1)N2CC(C)C. The Labute approximate surface area is 152 Å².